The summed E-state index contributed by atoms with van der Waals surface area (Å²) < 4.78 is 31.5. The summed E-state index contributed by atoms with van der Waals surface area (Å²) in [5.74, 6) is -0.565. The normalized spacial score (nSPS) is 17.8. The number of ether oxygens (including phenoxy) is 1. The molecule has 9 nitrogen and oxygen atoms in total. The average Bonchev–Trinajstić information content (AvgIpc) is 3.00. The highest BCUT2D eigenvalue weighted by atomic mass is 32.2. The fourth-order valence-corrected chi connectivity index (χ4v) is 3.98. The second-order valence-corrected chi connectivity index (χ2v) is 8.04. The van der Waals surface area contributed by atoms with E-state index in [2.05, 4.69) is 14.7 Å². The Kier molecular flexibility index (Phi) is 5.18. The molecule has 3 heterocycles. The summed E-state index contributed by atoms with van der Waals surface area (Å²) in [6, 6.07) is 0. The summed E-state index contributed by atoms with van der Waals surface area (Å²) >= 11 is 1.21. The molecule has 0 aromatic carbocycles. The van der Waals surface area contributed by atoms with E-state index in [1.54, 1.807) is 23.4 Å². The second-order valence-electron chi connectivity index (χ2n) is 5.43. The van der Waals surface area contributed by atoms with Crippen molar-refractivity contribution < 1.29 is 22.7 Å². The van der Waals surface area contributed by atoms with Crippen LogP contribution in [0.15, 0.2) is 33.7 Å². The quantitative estimate of drug-likeness (QED) is 0.727. The number of esters is 1. The summed E-state index contributed by atoms with van der Waals surface area (Å²) in [6.45, 7) is 2.27. The molecule has 1 aromatic rings. The highest BCUT2D eigenvalue weighted by Gasteiger charge is 2.25. The van der Waals surface area contributed by atoms with Crippen LogP contribution in [-0.4, -0.2) is 54.9 Å². The number of nitrogens with one attached hydrogen (secondary N) is 1. The molecule has 138 valence electrons. The van der Waals surface area contributed by atoms with Gasteiger partial charge in [-0.05, 0) is 19.1 Å². The Morgan fingerprint density at radius 2 is 2.19 bits per heavy atom. The first-order chi connectivity index (χ1) is 12.4. The first kappa shape index (κ1) is 18.3. The Morgan fingerprint density at radius 3 is 2.96 bits per heavy atom. The fourth-order valence-electron chi connectivity index (χ4n) is 2.31. The van der Waals surface area contributed by atoms with E-state index >= 15 is 0 Å². The van der Waals surface area contributed by atoms with Gasteiger partial charge in [0.2, 0.25) is 0 Å². The molecular weight excluding hydrogens is 380 g/mol. The number of aromatic nitrogens is 1. The van der Waals surface area contributed by atoms with Gasteiger partial charge in [0.05, 0.1) is 30.0 Å². The van der Waals surface area contributed by atoms with Gasteiger partial charge in [0, 0.05) is 18.1 Å². The molecule has 1 N–H and O–H groups in total. The zero-order chi connectivity index (χ0) is 18.7. The van der Waals surface area contributed by atoms with E-state index in [-0.39, 0.29) is 30.6 Å². The molecule has 1 aromatic heterocycles. The Balaban J connectivity index is 1.65. The van der Waals surface area contributed by atoms with Crippen LogP contribution >= 0.6 is 11.3 Å². The zero-order valence-electron chi connectivity index (χ0n) is 13.8. The molecule has 2 aliphatic heterocycles. The summed E-state index contributed by atoms with van der Waals surface area (Å²) in [4.78, 5) is 29.6. The number of anilines is 1. The number of sulfonamides is 1. The van der Waals surface area contributed by atoms with E-state index < -0.39 is 10.0 Å². The van der Waals surface area contributed by atoms with Crippen LogP contribution in [0.5, 0.6) is 0 Å². The Labute approximate surface area is 154 Å². The van der Waals surface area contributed by atoms with Gasteiger partial charge in [0.25, 0.3) is 15.9 Å². The molecule has 3 rings (SSSR count). The molecule has 0 radical (unpaired) electrons. The van der Waals surface area contributed by atoms with Crippen LogP contribution in [0, 0.1) is 0 Å². The largest absolute Gasteiger partial charge is 0.466 e. The van der Waals surface area contributed by atoms with Gasteiger partial charge in [-0.2, -0.15) is 0 Å². The number of carbonyl (C=O) groups excluding carboxylic acids is 2. The average molecular weight is 396 g/mol. The van der Waals surface area contributed by atoms with E-state index in [1.165, 1.54) is 23.5 Å². The Hall–Kier alpha value is -2.53. The Bertz CT molecular complexity index is 930. The first-order valence-electron chi connectivity index (χ1n) is 7.77. The molecule has 0 atom stereocenters. The molecule has 0 fully saturated rings. The minimum Gasteiger partial charge on any atom is -0.466 e. The summed E-state index contributed by atoms with van der Waals surface area (Å²) in [5.41, 5.74) is 0.873. The maximum atomic E-state index is 12.4. The van der Waals surface area contributed by atoms with Crippen LogP contribution in [0.25, 0.3) is 0 Å². The third kappa shape index (κ3) is 4.35. The van der Waals surface area contributed by atoms with Crippen molar-refractivity contribution in [3.8, 4) is 0 Å². The van der Waals surface area contributed by atoms with Gasteiger partial charge in [0.1, 0.15) is 5.84 Å². The molecule has 0 saturated heterocycles. The van der Waals surface area contributed by atoms with Crippen molar-refractivity contribution in [2.45, 2.75) is 13.3 Å². The van der Waals surface area contributed by atoms with Crippen molar-refractivity contribution in [2.75, 3.05) is 24.2 Å². The van der Waals surface area contributed by atoms with E-state index in [1.807, 2.05) is 0 Å². The van der Waals surface area contributed by atoms with E-state index in [4.69, 9.17) is 4.74 Å². The SMILES string of the molecule is CCOC(=O)Cc1csc(NC(=O)C2=CN3CCS(=O)(=O)N=C3C=C2)n1. The third-order valence-corrected chi connectivity index (χ3v) is 5.46. The van der Waals surface area contributed by atoms with E-state index in [9.17, 15) is 18.0 Å². The number of fused-ring (bicyclic) bond motifs is 1. The summed E-state index contributed by atoms with van der Waals surface area (Å²) in [7, 11) is -3.43. The third-order valence-electron chi connectivity index (χ3n) is 3.49. The predicted molar refractivity (Wildman–Crippen MR) is 96.2 cm³/mol. The minimum atomic E-state index is -3.43. The zero-order valence-corrected chi connectivity index (χ0v) is 15.5. The maximum absolute atomic E-state index is 12.4. The van der Waals surface area contributed by atoms with Crippen molar-refractivity contribution in [1.29, 1.82) is 0 Å². The van der Waals surface area contributed by atoms with Crippen LogP contribution in [0.2, 0.25) is 0 Å². The second kappa shape index (κ2) is 7.38. The molecule has 0 aliphatic carbocycles. The molecule has 1 amide bonds. The van der Waals surface area contributed by atoms with Crippen molar-refractivity contribution in [3.63, 3.8) is 0 Å². The predicted octanol–water partition coefficient (Wildman–Crippen LogP) is 0.685. The van der Waals surface area contributed by atoms with Gasteiger partial charge in [-0.1, -0.05) is 0 Å². The number of amidine groups is 1. The van der Waals surface area contributed by atoms with E-state index in [0.717, 1.165) is 0 Å². The van der Waals surface area contributed by atoms with Crippen molar-refractivity contribution in [1.82, 2.24) is 9.88 Å². The van der Waals surface area contributed by atoms with Crippen molar-refractivity contribution >= 4 is 44.2 Å². The number of hydrogen-bond acceptors (Lipinski definition) is 8. The topological polar surface area (TPSA) is 118 Å². The van der Waals surface area contributed by atoms with Crippen LogP contribution in [0.4, 0.5) is 5.13 Å². The molecule has 11 heteroatoms. The summed E-state index contributed by atoms with van der Waals surface area (Å²) in [5, 5.41) is 4.70. The van der Waals surface area contributed by atoms with Gasteiger partial charge in [-0.3, -0.25) is 14.9 Å². The van der Waals surface area contributed by atoms with Gasteiger partial charge in [0.15, 0.2) is 5.13 Å². The fraction of sp³-hybridized carbons (Fsp3) is 0.333. The number of nitrogens with zero attached hydrogens (tertiary/aromatic N) is 3. The van der Waals surface area contributed by atoms with Crippen molar-refractivity contribution in [2.24, 2.45) is 4.40 Å². The number of amides is 1. The standard InChI is InChI=1S/C15H16N4O5S2/c1-2-24-13(20)7-11-9-25-15(16-11)17-14(21)10-3-4-12-18-26(22,23)6-5-19(12)8-10/h3-4,8-9H,2,5-7H2,1H3,(H,16,17,21). The first-order valence-corrected chi connectivity index (χ1v) is 10.3. The lowest BCUT2D eigenvalue weighted by atomic mass is 10.2. The number of carbonyl (C=O) groups is 2. The van der Waals surface area contributed by atoms with Crippen LogP contribution in [-0.2, 0) is 30.8 Å². The number of thiazole rings is 1. The number of hydrogen-bond donors (Lipinski definition) is 1. The van der Waals surface area contributed by atoms with Crippen molar-refractivity contribution in [3.05, 3.63) is 35.0 Å². The molecule has 2 aliphatic rings. The molecule has 0 saturated carbocycles. The van der Waals surface area contributed by atoms with Gasteiger partial charge in [-0.25, -0.2) is 13.4 Å². The lowest BCUT2D eigenvalue weighted by Crippen LogP contribution is -2.37. The van der Waals surface area contributed by atoms with Crippen LogP contribution in [0.3, 0.4) is 0 Å². The smallest absolute Gasteiger partial charge is 0.311 e. The van der Waals surface area contributed by atoms with Gasteiger partial charge >= 0.3 is 5.97 Å². The minimum absolute atomic E-state index is 0.0465. The van der Waals surface area contributed by atoms with Crippen LogP contribution < -0.4 is 5.32 Å². The maximum Gasteiger partial charge on any atom is 0.311 e. The molecule has 0 bridgehead atoms. The molecule has 0 spiro atoms. The summed E-state index contributed by atoms with van der Waals surface area (Å²) in [6.07, 6.45) is 4.58. The highest BCUT2D eigenvalue weighted by Crippen LogP contribution is 2.20. The van der Waals surface area contributed by atoms with Gasteiger partial charge in [-0.15, -0.1) is 15.7 Å². The lowest BCUT2D eigenvalue weighted by molar-refractivity contribution is -0.142. The molecule has 26 heavy (non-hydrogen) atoms. The molecular formula is C15H16N4O5S2. The van der Waals surface area contributed by atoms with Gasteiger partial charge < -0.3 is 9.64 Å². The Morgan fingerprint density at radius 1 is 1.38 bits per heavy atom. The molecule has 0 unspecified atom stereocenters. The number of rotatable bonds is 5. The van der Waals surface area contributed by atoms with Crippen LogP contribution in [0.1, 0.15) is 12.6 Å². The highest BCUT2D eigenvalue weighted by molar-refractivity contribution is 7.90. The van der Waals surface area contributed by atoms with E-state index in [0.29, 0.717) is 28.8 Å². The monoisotopic (exact) mass is 396 g/mol. The lowest BCUT2D eigenvalue weighted by Gasteiger charge is -2.26.